The number of aryl methyl sites for hydroxylation is 1. The van der Waals surface area contributed by atoms with Crippen LogP contribution in [0.25, 0.3) is 0 Å². The van der Waals surface area contributed by atoms with Crippen LogP contribution in [0.4, 0.5) is 11.5 Å². The highest BCUT2D eigenvalue weighted by Crippen LogP contribution is 2.25. The van der Waals surface area contributed by atoms with Crippen molar-refractivity contribution in [3.63, 3.8) is 0 Å². The van der Waals surface area contributed by atoms with E-state index in [2.05, 4.69) is 26.9 Å². The number of non-ortho nitro benzene ring substituents is 1. The lowest BCUT2D eigenvalue weighted by molar-refractivity contribution is -0.384. The lowest BCUT2D eigenvalue weighted by Gasteiger charge is -2.28. The van der Waals surface area contributed by atoms with E-state index >= 15 is 0 Å². The first-order chi connectivity index (χ1) is 12.0. The first kappa shape index (κ1) is 17.3. The molecule has 0 spiro atoms. The van der Waals surface area contributed by atoms with Gasteiger partial charge in [0.1, 0.15) is 0 Å². The topological polar surface area (TPSA) is 75.4 Å². The van der Waals surface area contributed by atoms with Gasteiger partial charge in [0.05, 0.1) is 10.6 Å². The molecule has 25 heavy (non-hydrogen) atoms. The number of nitro benzene ring substituents is 1. The fourth-order valence-electron chi connectivity index (χ4n) is 3.22. The zero-order valence-electron chi connectivity index (χ0n) is 14.6. The second-order valence-electron chi connectivity index (χ2n) is 6.44. The molecule has 0 amide bonds. The van der Waals surface area contributed by atoms with E-state index in [0.29, 0.717) is 0 Å². The smallest absolute Gasteiger partial charge is 0.269 e. The maximum absolute atomic E-state index is 11.0. The average molecular weight is 341 g/mol. The van der Waals surface area contributed by atoms with Crippen LogP contribution < -0.4 is 4.90 Å². The second kappa shape index (κ2) is 7.57. The molecule has 3 rings (SSSR count). The first-order valence-corrected chi connectivity index (χ1v) is 8.58. The van der Waals surface area contributed by atoms with Crippen LogP contribution in [0, 0.1) is 17.0 Å². The molecular weight excluding hydrogens is 318 g/mol. The van der Waals surface area contributed by atoms with Gasteiger partial charge in [-0.1, -0.05) is 12.1 Å². The highest BCUT2D eigenvalue weighted by Gasteiger charge is 2.22. The van der Waals surface area contributed by atoms with Gasteiger partial charge in [0.25, 0.3) is 5.69 Å². The number of aromatic nitrogens is 2. The van der Waals surface area contributed by atoms with E-state index in [1.54, 1.807) is 12.1 Å². The van der Waals surface area contributed by atoms with Crippen molar-refractivity contribution in [2.75, 3.05) is 31.1 Å². The van der Waals surface area contributed by atoms with E-state index in [9.17, 15) is 10.1 Å². The Morgan fingerprint density at radius 3 is 2.68 bits per heavy atom. The molecule has 2 aromatic rings. The van der Waals surface area contributed by atoms with E-state index in [4.69, 9.17) is 0 Å². The summed E-state index contributed by atoms with van der Waals surface area (Å²) in [4.78, 5) is 15.3. The molecule has 1 aromatic carbocycles. The van der Waals surface area contributed by atoms with Crippen molar-refractivity contribution in [3.05, 3.63) is 57.8 Å². The number of hydrogen-bond acceptors (Lipinski definition) is 6. The normalized spacial score (nSPS) is 17.1. The summed E-state index contributed by atoms with van der Waals surface area (Å²) in [6, 6.07) is 11.1. The van der Waals surface area contributed by atoms with Crippen molar-refractivity contribution in [2.45, 2.75) is 26.3 Å². The summed E-state index contributed by atoms with van der Waals surface area (Å²) < 4.78 is 0. The van der Waals surface area contributed by atoms with Crippen LogP contribution in [-0.4, -0.2) is 46.2 Å². The zero-order valence-corrected chi connectivity index (χ0v) is 14.6. The summed E-state index contributed by atoms with van der Waals surface area (Å²) in [6.07, 6.45) is 1.02. The second-order valence-corrected chi connectivity index (χ2v) is 6.44. The lowest BCUT2D eigenvalue weighted by Crippen LogP contribution is -2.33. The summed E-state index contributed by atoms with van der Waals surface area (Å²) in [7, 11) is 0. The van der Waals surface area contributed by atoms with Gasteiger partial charge in [0, 0.05) is 44.4 Å². The number of rotatable bonds is 4. The van der Waals surface area contributed by atoms with Crippen molar-refractivity contribution < 1.29 is 4.92 Å². The molecule has 0 N–H and O–H groups in total. The fraction of sp³-hybridized carbons (Fsp3) is 0.444. The van der Waals surface area contributed by atoms with Crippen LogP contribution in [0.15, 0.2) is 36.4 Å². The maximum atomic E-state index is 11.0. The standard InChI is InChI=1S/C18H23N5O2/c1-14-7-8-18(20-19-14)22-10-4-9-21(11-12-22)15(2)16-5-3-6-17(13-16)23(24)25/h3,5-8,13,15H,4,9-12H2,1-2H3. The van der Waals surface area contributed by atoms with Gasteiger partial charge in [0.15, 0.2) is 5.82 Å². The molecule has 7 heteroatoms. The molecule has 1 aromatic heterocycles. The minimum absolute atomic E-state index is 0.143. The third-order valence-corrected chi connectivity index (χ3v) is 4.75. The number of nitrogens with zero attached hydrogens (tertiary/aromatic N) is 5. The van der Waals surface area contributed by atoms with Gasteiger partial charge >= 0.3 is 0 Å². The zero-order chi connectivity index (χ0) is 17.8. The van der Waals surface area contributed by atoms with E-state index in [0.717, 1.165) is 49.7 Å². The number of anilines is 1. The maximum Gasteiger partial charge on any atom is 0.269 e. The van der Waals surface area contributed by atoms with Gasteiger partial charge in [-0.2, -0.15) is 5.10 Å². The van der Waals surface area contributed by atoms with Gasteiger partial charge in [-0.15, -0.1) is 5.10 Å². The summed E-state index contributed by atoms with van der Waals surface area (Å²) in [6.45, 7) is 7.70. The summed E-state index contributed by atoms with van der Waals surface area (Å²) in [5.41, 5.74) is 2.05. The molecule has 1 fully saturated rings. The minimum Gasteiger partial charge on any atom is -0.354 e. The number of benzene rings is 1. The summed E-state index contributed by atoms with van der Waals surface area (Å²) >= 11 is 0. The third-order valence-electron chi connectivity index (χ3n) is 4.75. The monoisotopic (exact) mass is 341 g/mol. The van der Waals surface area contributed by atoms with E-state index in [1.807, 2.05) is 25.1 Å². The Labute approximate surface area is 147 Å². The van der Waals surface area contributed by atoms with Gasteiger partial charge < -0.3 is 4.90 Å². The van der Waals surface area contributed by atoms with Crippen molar-refractivity contribution in [2.24, 2.45) is 0 Å². The first-order valence-electron chi connectivity index (χ1n) is 8.58. The van der Waals surface area contributed by atoms with Crippen molar-refractivity contribution >= 4 is 11.5 Å². The Bertz CT molecular complexity index is 735. The number of hydrogen-bond donors (Lipinski definition) is 0. The van der Waals surface area contributed by atoms with Crippen molar-refractivity contribution in [1.29, 1.82) is 0 Å². The predicted octanol–water partition coefficient (Wildman–Crippen LogP) is 2.97. The van der Waals surface area contributed by atoms with Crippen molar-refractivity contribution in [1.82, 2.24) is 15.1 Å². The van der Waals surface area contributed by atoms with Crippen LogP contribution in [0.5, 0.6) is 0 Å². The summed E-state index contributed by atoms with van der Waals surface area (Å²) in [5.74, 6) is 0.912. The van der Waals surface area contributed by atoms with E-state index < -0.39 is 0 Å². The molecular formula is C18H23N5O2. The lowest BCUT2D eigenvalue weighted by atomic mass is 10.1. The van der Waals surface area contributed by atoms with Gasteiger partial charge in [-0.05, 0) is 38.0 Å². The largest absolute Gasteiger partial charge is 0.354 e. The third kappa shape index (κ3) is 4.11. The van der Waals surface area contributed by atoms with Gasteiger partial charge in [-0.25, -0.2) is 0 Å². The summed E-state index contributed by atoms with van der Waals surface area (Å²) in [5, 5.41) is 19.4. The van der Waals surface area contributed by atoms with Crippen LogP contribution in [0.1, 0.15) is 30.6 Å². The van der Waals surface area contributed by atoms with Crippen LogP contribution in [-0.2, 0) is 0 Å². The SMILES string of the molecule is Cc1ccc(N2CCCN(C(C)c3cccc([N+](=O)[O-])c3)CC2)nn1. The molecule has 132 valence electrons. The molecule has 2 heterocycles. The molecule has 0 radical (unpaired) electrons. The molecule has 1 atom stereocenters. The number of nitro groups is 1. The van der Waals surface area contributed by atoms with Crippen LogP contribution >= 0.6 is 0 Å². The highest BCUT2D eigenvalue weighted by molar-refractivity contribution is 5.38. The van der Waals surface area contributed by atoms with Gasteiger partial charge in [-0.3, -0.25) is 15.0 Å². The molecule has 1 saturated heterocycles. The highest BCUT2D eigenvalue weighted by atomic mass is 16.6. The van der Waals surface area contributed by atoms with E-state index in [-0.39, 0.29) is 16.7 Å². The molecule has 1 aliphatic heterocycles. The van der Waals surface area contributed by atoms with Crippen LogP contribution in [0.2, 0.25) is 0 Å². The molecule has 0 saturated carbocycles. The molecule has 1 unspecified atom stereocenters. The van der Waals surface area contributed by atoms with E-state index in [1.165, 1.54) is 6.07 Å². The molecule has 0 bridgehead atoms. The minimum atomic E-state index is -0.337. The predicted molar refractivity (Wildman–Crippen MR) is 96.7 cm³/mol. The Morgan fingerprint density at radius 2 is 1.96 bits per heavy atom. The average Bonchev–Trinajstić information content (AvgIpc) is 2.88. The van der Waals surface area contributed by atoms with Crippen LogP contribution in [0.3, 0.4) is 0 Å². The Hall–Kier alpha value is -2.54. The fourth-order valence-corrected chi connectivity index (χ4v) is 3.22. The molecule has 0 aliphatic carbocycles. The Kier molecular flexibility index (Phi) is 5.23. The van der Waals surface area contributed by atoms with Gasteiger partial charge in [0.2, 0.25) is 0 Å². The Morgan fingerprint density at radius 1 is 1.12 bits per heavy atom. The van der Waals surface area contributed by atoms with Crippen molar-refractivity contribution in [3.8, 4) is 0 Å². The molecule has 7 nitrogen and oxygen atoms in total. The quantitative estimate of drug-likeness (QED) is 0.629. The Balaban J connectivity index is 1.69. The molecule has 1 aliphatic rings.